The van der Waals surface area contributed by atoms with Crippen LogP contribution < -0.4 is 0 Å². The van der Waals surface area contributed by atoms with E-state index in [-0.39, 0.29) is 0 Å². The summed E-state index contributed by atoms with van der Waals surface area (Å²) < 4.78 is 0. The van der Waals surface area contributed by atoms with Crippen LogP contribution in [0.2, 0.25) is 10.0 Å². The predicted molar refractivity (Wildman–Crippen MR) is 70.5 cm³/mol. The molecule has 1 aromatic rings. The molecule has 0 bridgehead atoms. The summed E-state index contributed by atoms with van der Waals surface area (Å²) in [5.41, 5.74) is 1.32. The number of likely N-dealkylation sites (tertiary alicyclic amines) is 1. The van der Waals surface area contributed by atoms with E-state index >= 15 is 0 Å². The summed E-state index contributed by atoms with van der Waals surface area (Å²) in [6, 6.07) is 6.03. The third kappa shape index (κ3) is 2.37. The van der Waals surface area contributed by atoms with E-state index in [1.807, 2.05) is 12.1 Å². The van der Waals surface area contributed by atoms with E-state index in [1.54, 1.807) is 0 Å². The highest BCUT2D eigenvalue weighted by Gasteiger charge is 2.29. The maximum atomic E-state index is 6.06. The standard InChI is InChI=1S/C13H17Cl2N/c1-3-16-7-9(2)11(8-16)10-4-5-12(14)13(15)6-10/h4-6,9,11H,3,7-8H2,1-2H3/t9-,11-/m0/s1. The maximum Gasteiger partial charge on any atom is 0.0595 e. The fourth-order valence-electron chi connectivity index (χ4n) is 2.50. The number of nitrogens with zero attached hydrogens (tertiary/aromatic N) is 1. The van der Waals surface area contributed by atoms with Crippen LogP contribution in [0, 0.1) is 5.92 Å². The molecule has 1 fully saturated rings. The van der Waals surface area contributed by atoms with Gasteiger partial charge in [0.1, 0.15) is 0 Å². The van der Waals surface area contributed by atoms with Gasteiger partial charge in [0.25, 0.3) is 0 Å². The van der Waals surface area contributed by atoms with Gasteiger partial charge in [-0.05, 0) is 30.2 Å². The lowest BCUT2D eigenvalue weighted by atomic mass is 9.90. The number of rotatable bonds is 2. The van der Waals surface area contributed by atoms with Crippen molar-refractivity contribution >= 4 is 23.2 Å². The van der Waals surface area contributed by atoms with Crippen molar-refractivity contribution < 1.29 is 0 Å². The summed E-state index contributed by atoms with van der Waals surface area (Å²) in [6.07, 6.45) is 0. The molecule has 1 saturated heterocycles. The van der Waals surface area contributed by atoms with Crippen molar-refractivity contribution in [2.24, 2.45) is 5.92 Å². The second-order valence-corrected chi connectivity index (χ2v) is 5.42. The molecule has 88 valence electrons. The monoisotopic (exact) mass is 257 g/mol. The number of halogens is 2. The van der Waals surface area contributed by atoms with Crippen LogP contribution in [0.1, 0.15) is 25.3 Å². The first-order valence-electron chi connectivity index (χ1n) is 5.79. The van der Waals surface area contributed by atoms with Gasteiger partial charge in [0.05, 0.1) is 10.0 Å². The molecular formula is C13H17Cl2N. The molecule has 0 radical (unpaired) electrons. The van der Waals surface area contributed by atoms with Crippen molar-refractivity contribution in [3.05, 3.63) is 33.8 Å². The van der Waals surface area contributed by atoms with Crippen LogP contribution >= 0.6 is 23.2 Å². The van der Waals surface area contributed by atoms with E-state index in [2.05, 4.69) is 24.8 Å². The van der Waals surface area contributed by atoms with Gasteiger partial charge in [-0.25, -0.2) is 0 Å². The van der Waals surface area contributed by atoms with Gasteiger partial charge in [0, 0.05) is 19.0 Å². The fourth-order valence-corrected chi connectivity index (χ4v) is 2.81. The topological polar surface area (TPSA) is 3.24 Å². The molecule has 2 atom stereocenters. The van der Waals surface area contributed by atoms with Crippen LogP contribution in [0.5, 0.6) is 0 Å². The zero-order valence-corrected chi connectivity index (χ0v) is 11.2. The Morgan fingerprint density at radius 2 is 2.00 bits per heavy atom. The summed E-state index contributed by atoms with van der Waals surface area (Å²) in [6.45, 7) is 7.96. The highest BCUT2D eigenvalue weighted by atomic mass is 35.5. The third-order valence-electron chi connectivity index (χ3n) is 3.51. The normalized spacial score (nSPS) is 26.2. The third-order valence-corrected chi connectivity index (χ3v) is 4.25. The average molecular weight is 258 g/mol. The summed E-state index contributed by atoms with van der Waals surface area (Å²) in [4.78, 5) is 2.48. The molecule has 0 amide bonds. The Labute approximate surface area is 107 Å². The Hall–Kier alpha value is -0.240. The van der Waals surface area contributed by atoms with Crippen molar-refractivity contribution in [2.75, 3.05) is 19.6 Å². The van der Waals surface area contributed by atoms with Crippen molar-refractivity contribution in [3.63, 3.8) is 0 Å². The van der Waals surface area contributed by atoms with Gasteiger partial charge < -0.3 is 4.90 Å². The lowest BCUT2D eigenvalue weighted by Crippen LogP contribution is -2.19. The molecule has 16 heavy (non-hydrogen) atoms. The first-order valence-corrected chi connectivity index (χ1v) is 6.54. The molecule has 1 aromatic carbocycles. The smallest absolute Gasteiger partial charge is 0.0595 e. The van der Waals surface area contributed by atoms with Gasteiger partial charge >= 0.3 is 0 Å². The van der Waals surface area contributed by atoms with Gasteiger partial charge in [-0.15, -0.1) is 0 Å². The van der Waals surface area contributed by atoms with E-state index < -0.39 is 0 Å². The van der Waals surface area contributed by atoms with E-state index in [4.69, 9.17) is 23.2 Å². The second kappa shape index (κ2) is 4.95. The Morgan fingerprint density at radius 1 is 1.25 bits per heavy atom. The molecule has 0 saturated carbocycles. The molecule has 2 rings (SSSR count). The van der Waals surface area contributed by atoms with Crippen molar-refractivity contribution in [1.29, 1.82) is 0 Å². The summed E-state index contributed by atoms with van der Waals surface area (Å²) in [5, 5.41) is 1.31. The average Bonchev–Trinajstić information content (AvgIpc) is 2.64. The van der Waals surface area contributed by atoms with Crippen LogP contribution in [0.4, 0.5) is 0 Å². The number of benzene rings is 1. The first kappa shape index (κ1) is 12.2. The number of likely N-dealkylation sites (N-methyl/N-ethyl adjacent to an activating group) is 1. The zero-order valence-electron chi connectivity index (χ0n) is 9.71. The molecular weight excluding hydrogens is 241 g/mol. The molecule has 0 aromatic heterocycles. The van der Waals surface area contributed by atoms with Gasteiger partial charge in [-0.3, -0.25) is 0 Å². The minimum atomic E-state index is 0.592. The first-order chi connectivity index (χ1) is 7.61. The molecule has 0 spiro atoms. The molecule has 1 heterocycles. The minimum Gasteiger partial charge on any atom is -0.303 e. The number of hydrogen-bond acceptors (Lipinski definition) is 1. The quantitative estimate of drug-likeness (QED) is 0.773. The summed E-state index contributed by atoms with van der Waals surface area (Å²) >= 11 is 12.0. The minimum absolute atomic E-state index is 0.592. The zero-order chi connectivity index (χ0) is 11.7. The highest BCUT2D eigenvalue weighted by molar-refractivity contribution is 6.42. The van der Waals surface area contributed by atoms with Crippen LogP contribution in [-0.2, 0) is 0 Å². The van der Waals surface area contributed by atoms with E-state index in [0.717, 1.165) is 13.1 Å². The molecule has 0 aliphatic carbocycles. The molecule has 0 unspecified atom stereocenters. The fraction of sp³-hybridized carbons (Fsp3) is 0.538. The molecule has 0 N–H and O–H groups in total. The van der Waals surface area contributed by atoms with Crippen molar-refractivity contribution in [1.82, 2.24) is 4.90 Å². The van der Waals surface area contributed by atoms with E-state index in [9.17, 15) is 0 Å². The molecule has 1 aliphatic heterocycles. The van der Waals surface area contributed by atoms with Gasteiger partial charge in [-0.2, -0.15) is 0 Å². The van der Waals surface area contributed by atoms with E-state index in [0.29, 0.717) is 21.9 Å². The van der Waals surface area contributed by atoms with Crippen molar-refractivity contribution in [3.8, 4) is 0 Å². The van der Waals surface area contributed by atoms with Crippen LogP contribution in [0.3, 0.4) is 0 Å². The largest absolute Gasteiger partial charge is 0.303 e. The van der Waals surface area contributed by atoms with Gasteiger partial charge in [0.15, 0.2) is 0 Å². The second-order valence-electron chi connectivity index (χ2n) is 4.61. The Kier molecular flexibility index (Phi) is 3.78. The summed E-state index contributed by atoms with van der Waals surface area (Å²) in [7, 11) is 0. The molecule has 3 heteroatoms. The Bertz CT molecular complexity index is 378. The van der Waals surface area contributed by atoms with E-state index in [1.165, 1.54) is 12.1 Å². The lowest BCUT2D eigenvalue weighted by molar-refractivity contribution is 0.345. The van der Waals surface area contributed by atoms with Crippen LogP contribution in [0.15, 0.2) is 18.2 Å². The van der Waals surface area contributed by atoms with Gasteiger partial charge in [0.2, 0.25) is 0 Å². The van der Waals surface area contributed by atoms with Crippen molar-refractivity contribution in [2.45, 2.75) is 19.8 Å². The maximum absolute atomic E-state index is 6.06. The van der Waals surface area contributed by atoms with Crippen LogP contribution in [-0.4, -0.2) is 24.5 Å². The SMILES string of the molecule is CCN1C[C@H](c2ccc(Cl)c(Cl)c2)[C@@H](C)C1. The highest BCUT2D eigenvalue weighted by Crippen LogP contribution is 2.34. The Balaban J connectivity index is 2.21. The lowest BCUT2D eigenvalue weighted by Gasteiger charge is -2.15. The predicted octanol–water partition coefficient (Wildman–Crippen LogP) is 4.05. The molecule has 1 aliphatic rings. The summed E-state index contributed by atoms with van der Waals surface area (Å²) in [5.74, 6) is 1.28. The molecule has 1 nitrogen and oxygen atoms in total. The van der Waals surface area contributed by atoms with Gasteiger partial charge in [-0.1, -0.05) is 43.1 Å². The number of hydrogen-bond donors (Lipinski definition) is 0. The van der Waals surface area contributed by atoms with Crippen LogP contribution in [0.25, 0.3) is 0 Å². The Morgan fingerprint density at radius 3 is 2.56 bits per heavy atom.